The largest absolute Gasteiger partial charge is 0.310 e. The number of para-hydroxylation sites is 1. The number of anilines is 3. The van der Waals surface area contributed by atoms with Crippen molar-refractivity contribution in [2.24, 2.45) is 0 Å². The molecule has 0 aromatic heterocycles. The highest BCUT2D eigenvalue weighted by Gasteiger charge is 2.46. The van der Waals surface area contributed by atoms with E-state index in [1.165, 1.54) is 88.7 Å². The Morgan fingerprint density at radius 2 is 0.653 bits per heavy atom. The molecule has 0 atom stereocenters. The monoisotopic (exact) mass is 915 g/mol. The van der Waals surface area contributed by atoms with E-state index in [9.17, 15) is 0 Å². The van der Waals surface area contributed by atoms with E-state index in [2.05, 4.69) is 302 Å². The molecule has 13 rings (SSSR count). The Balaban J connectivity index is 0.923. The van der Waals surface area contributed by atoms with Gasteiger partial charge in [0.25, 0.3) is 0 Å². The van der Waals surface area contributed by atoms with E-state index in [0.29, 0.717) is 0 Å². The molecule has 0 spiro atoms. The minimum Gasteiger partial charge on any atom is -0.310 e. The van der Waals surface area contributed by atoms with Crippen molar-refractivity contribution >= 4 is 27.8 Å². The van der Waals surface area contributed by atoms with Gasteiger partial charge in [0, 0.05) is 16.9 Å². The Hall–Kier alpha value is -9.30. The van der Waals surface area contributed by atoms with E-state index in [0.717, 1.165) is 28.2 Å². The van der Waals surface area contributed by atoms with Gasteiger partial charge in [-0.05, 0) is 137 Å². The van der Waals surface area contributed by atoms with Crippen LogP contribution in [0.2, 0.25) is 0 Å². The van der Waals surface area contributed by atoms with Gasteiger partial charge in [0.1, 0.15) is 0 Å². The second kappa shape index (κ2) is 18.2. The molecule has 1 aliphatic carbocycles. The molecule has 338 valence electrons. The Bertz CT molecular complexity index is 3840. The van der Waals surface area contributed by atoms with E-state index in [4.69, 9.17) is 0 Å². The standard InChI is InChI=1S/C71H49N/c1-4-18-50(19-5-1)57-22-16-23-58(48-57)53-40-44-62(45-41-53)72(69-33-15-13-28-64(69)54-37-34-52(35-38-54)59-39-36-51-20-10-11-21-56(51)49-59)63-46-42-55(43-47-63)65-30-17-32-68-70(65)66-29-12-14-31-67(66)71(68,60-24-6-2-7-25-60)61-26-8-3-9-27-61/h1-49H. The summed E-state index contributed by atoms with van der Waals surface area (Å²) >= 11 is 0. The zero-order valence-corrected chi connectivity index (χ0v) is 39.7. The van der Waals surface area contributed by atoms with Crippen LogP contribution in [-0.4, -0.2) is 0 Å². The summed E-state index contributed by atoms with van der Waals surface area (Å²) in [7, 11) is 0. The first kappa shape index (κ1) is 42.8. The predicted molar refractivity (Wildman–Crippen MR) is 303 cm³/mol. The normalized spacial score (nSPS) is 12.3. The molecule has 0 aliphatic heterocycles. The molecule has 1 heteroatoms. The highest BCUT2D eigenvalue weighted by molar-refractivity contribution is 5.97. The van der Waals surface area contributed by atoms with E-state index in [-0.39, 0.29) is 0 Å². The lowest BCUT2D eigenvalue weighted by Crippen LogP contribution is -2.28. The van der Waals surface area contributed by atoms with Crippen molar-refractivity contribution in [3.05, 3.63) is 320 Å². The van der Waals surface area contributed by atoms with Crippen LogP contribution in [0, 0.1) is 0 Å². The molecule has 0 radical (unpaired) electrons. The predicted octanol–water partition coefficient (Wildman–Crippen LogP) is 19.0. The van der Waals surface area contributed by atoms with Crippen LogP contribution < -0.4 is 4.90 Å². The molecule has 12 aromatic rings. The summed E-state index contributed by atoms with van der Waals surface area (Å²) in [5, 5.41) is 2.50. The molecule has 1 nitrogen and oxygen atoms in total. The lowest BCUT2D eigenvalue weighted by molar-refractivity contribution is 0.768. The van der Waals surface area contributed by atoms with Gasteiger partial charge >= 0.3 is 0 Å². The van der Waals surface area contributed by atoms with Crippen LogP contribution in [0.5, 0.6) is 0 Å². The van der Waals surface area contributed by atoms with Gasteiger partial charge in [-0.1, -0.05) is 255 Å². The third-order valence-electron chi connectivity index (χ3n) is 14.8. The van der Waals surface area contributed by atoms with E-state index < -0.39 is 5.41 Å². The van der Waals surface area contributed by atoms with Gasteiger partial charge in [0.15, 0.2) is 0 Å². The molecule has 0 saturated carbocycles. The number of fused-ring (bicyclic) bond motifs is 4. The number of hydrogen-bond donors (Lipinski definition) is 0. The van der Waals surface area contributed by atoms with Crippen molar-refractivity contribution in [3.63, 3.8) is 0 Å². The summed E-state index contributed by atoms with van der Waals surface area (Å²) in [6.45, 7) is 0. The fourth-order valence-corrected chi connectivity index (χ4v) is 11.4. The molecule has 0 fully saturated rings. The average molecular weight is 916 g/mol. The first-order valence-corrected chi connectivity index (χ1v) is 24.9. The maximum atomic E-state index is 2.42. The molecule has 72 heavy (non-hydrogen) atoms. The highest BCUT2D eigenvalue weighted by Crippen LogP contribution is 2.58. The minimum atomic E-state index is -0.465. The number of rotatable bonds is 10. The third-order valence-corrected chi connectivity index (χ3v) is 14.8. The zero-order valence-electron chi connectivity index (χ0n) is 39.7. The molecule has 0 amide bonds. The minimum absolute atomic E-state index is 0.465. The van der Waals surface area contributed by atoms with Crippen LogP contribution in [0.15, 0.2) is 297 Å². The number of benzene rings is 12. The molecule has 1 aliphatic rings. The second-order valence-electron chi connectivity index (χ2n) is 18.8. The zero-order chi connectivity index (χ0) is 47.8. The third kappa shape index (κ3) is 7.42. The van der Waals surface area contributed by atoms with E-state index in [1.54, 1.807) is 0 Å². The van der Waals surface area contributed by atoms with Gasteiger partial charge in [0.05, 0.1) is 11.1 Å². The van der Waals surface area contributed by atoms with Crippen LogP contribution in [0.1, 0.15) is 22.3 Å². The summed E-state index contributed by atoms with van der Waals surface area (Å²) in [5.74, 6) is 0. The van der Waals surface area contributed by atoms with Gasteiger partial charge in [-0.25, -0.2) is 0 Å². The van der Waals surface area contributed by atoms with Crippen LogP contribution in [0.25, 0.3) is 77.5 Å². The summed E-state index contributed by atoms with van der Waals surface area (Å²) in [5.41, 5.74) is 22.4. The summed E-state index contributed by atoms with van der Waals surface area (Å²) in [6, 6.07) is 109. The SMILES string of the molecule is c1ccc(-c2cccc(-c3ccc(N(c4ccc(-c5cccc6c5-c5ccccc5C6(c5ccccc5)c5ccccc5)cc4)c4ccccc4-c4ccc(-c5ccc6ccccc6c5)cc4)cc3)c2)cc1. The Labute approximate surface area is 422 Å². The Kier molecular flexibility index (Phi) is 10.8. The van der Waals surface area contributed by atoms with Gasteiger partial charge in [-0.3, -0.25) is 0 Å². The van der Waals surface area contributed by atoms with E-state index in [1.807, 2.05) is 0 Å². The fraction of sp³-hybridized carbons (Fsp3) is 0.0141. The smallest absolute Gasteiger partial charge is 0.0713 e. The van der Waals surface area contributed by atoms with Gasteiger partial charge < -0.3 is 4.90 Å². The Morgan fingerprint density at radius 3 is 1.32 bits per heavy atom. The molecule has 0 bridgehead atoms. The lowest BCUT2D eigenvalue weighted by atomic mass is 9.67. The van der Waals surface area contributed by atoms with Crippen molar-refractivity contribution in [3.8, 4) is 66.8 Å². The summed E-state index contributed by atoms with van der Waals surface area (Å²) in [4.78, 5) is 2.42. The maximum Gasteiger partial charge on any atom is 0.0713 e. The van der Waals surface area contributed by atoms with Crippen LogP contribution in [0.4, 0.5) is 17.1 Å². The Morgan fingerprint density at radius 1 is 0.236 bits per heavy atom. The van der Waals surface area contributed by atoms with Crippen molar-refractivity contribution in [1.82, 2.24) is 0 Å². The molecular weight excluding hydrogens is 867 g/mol. The van der Waals surface area contributed by atoms with Crippen LogP contribution in [-0.2, 0) is 5.41 Å². The summed E-state index contributed by atoms with van der Waals surface area (Å²) < 4.78 is 0. The van der Waals surface area contributed by atoms with Crippen LogP contribution >= 0.6 is 0 Å². The molecule has 0 N–H and O–H groups in total. The topological polar surface area (TPSA) is 3.24 Å². The van der Waals surface area contributed by atoms with Crippen molar-refractivity contribution < 1.29 is 0 Å². The van der Waals surface area contributed by atoms with Crippen molar-refractivity contribution in [2.75, 3.05) is 4.90 Å². The number of hydrogen-bond acceptors (Lipinski definition) is 1. The van der Waals surface area contributed by atoms with Gasteiger partial charge in [-0.2, -0.15) is 0 Å². The van der Waals surface area contributed by atoms with Crippen LogP contribution in [0.3, 0.4) is 0 Å². The average Bonchev–Trinajstić information content (AvgIpc) is 3.78. The highest BCUT2D eigenvalue weighted by atomic mass is 15.1. The lowest BCUT2D eigenvalue weighted by Gasteiger charge is -2.34. The molecular formula is C71H49N. The number of nitrogens with zero attached hydrogens (tertiary/aromatic N) is 1. The summed E-state index contributed by atoms with van der Waals surface area (Å²) in [6.07, 6.45) is 0. The maximum absolute atomic E-state index is 2.42. The van der Waals surface area contributed by atoms with Gasteiger partial charge in [-0.15, -0.1) is 0 Å². The molecule has 12 aromatic carbocycles. The molecule has 0 unspecified atom stereocenters. The first-order valence-electron chi connectivity index (χ1n) is 24.9. The fourth-order valence-electron chi connectivity index (χ4n) is 11.4. The first-order chi connectivity index (χ1) is 35.7. The molecule has 0 heterocycles. The second-order valence-corrected chi connectivity index (χ2v) is 18.8. The quantitative estimate of drug-likeness (QED) is 0.132. The molecule has 0 saturated heterocycles. The van der Waals surface area contributed by atoms with Crippen molar-refractivity contribution in [2.45, 2.75) is 5.41 Å². The van der Waals surface area contributed by atoms with Crippen molar-refractivity contribution in [1.29, 1.82) is 0 Å². The van der Waals surface area contributed by atoms with E-state index >= 15 is 0 Å². The van der Waals surface area contributed by atoms with Gasteiger partial charge in [0.2, 0.25) is 0 Å².